The third-order valence-electron chi connectivity index (χ3n) is 6.46. The van der Waals surface area contributed by atoms with E-state index in [1.54, 1.807) is 36.4 Å². The summed E-state index contributed by atoms with van der Waals surface area (Å²) in [5.41, 5.74) is 7.43. The van der Waals surface area contributed by atoms with Gasteiger partial charge in [0, 0.05) is 29.4 Å². The van der Waals surface area contributed by atoms with Gasteiger partial charge in [-0.1, -0.05) is 0 Å². The molecule has 5 rings (SSSR count). The predicted molar refractivity (Wildman–Crippen MR) is 117 cm³/mol. The van der Waals surface area contributed by atoms with Gasteiger partial charge in [0.15, 0.2) is 11.5 Å². The summed E-state index contributed by atoms with van der Waals surface area (Å²) in [6.45, 7) is 3.06. The Morgan fingerprint density at radius 1 is 1.18 bits per heavy atom. The number of hydrogen-bond acceptors (Lipinski definition) is 7. The number of carbonyl (C=O) groups excluding carboxylic acids is 3. The number of hydrogen-bond donors (Lipinski definition) is 1. The van der Waals surface area contributed by atoms with Crippen molar-refractivity contribution in [2.45, 2.75) is 45.3 Å². The fourth-order valence-electron chi connectivity index (χ4n) is 4.80. The first-order valence-electron chi connectivity index (χ1n) is 10.6. The molecule has 1 saturated carbocycles. The first kappa shape index (κ1) is 20.8. The van der Waals surface area contributed by atoms with Gasteiger partial charge in [-0.2, -0.15) is 10.4 Å². The van der Waals surface area contributed by atoms with E-state index in [1.165, 1.54) is 11.6 Å². The van der Waals surface area contributed by atoms with Gasteiger partial charge in [0.2, 0.25) is 5.91 Å². The number of Topliss-reactive ketones (excluding diaryl/α,β-unsaturated/α-hetero) is 1. The highest BCUT2D eigenvalue weighted by molar-refractivity contribution is 6.07. The van der Waals surface area contributed by atoms with Crippen LogP contribution in [-0.4, -0.2) is 54.3 Å². The van der Waals surface area contributed by atoms with Gasteiger partial charge in [0.25, 0.3) is 5.91 Å². The highest BCUT2D eigenvalue weighted by Gasteiger charge is 2.55. The van der Waals surface area contributed by atoms with Crippen LogP contribution in [0.2, 0.25) is 0 Å². The van der Waals surface area contributed by atoms with Gasteiger partial charge < -0.3 is 10.6 Å². The molecule has 2 N–H and O–H groups in total. The van der Waals surface area contributed by atoms with Crippen LogP contribution in [0.25, 0.3) is 22.0 Å². The minimum Gasteiger partial charge on any atom is -0.364 e. The zero-order valence-corrected chi connectivity index (χ0v) is 18.1. The number of aromatic nitrogens is 4. The Kier molecular flexibility index (Phi) is 4.70. The van der Waals surface area contributed by atoms with E-state index in [0.29, 0.717) is 40.2 Å². The Bertz CT molecular complexity index is 1370. The molecule has 10 heteroatoms. The van der Waals surface area contributed by atoms with Gasteiger partial charge in [-0.05, 0) is 50.3 Å². The molecular weight excluding hydrogens is 422 g/mol. The number of fused-ring (bicyclic) bond motifs is 2. The van der Waals surface area contributed by atoms with Crippen LogP contribution in [0.15, 0.2) is 24.5 Å². The lowest BCUT2D eigenvalue weighted by molar-refractivity contribution is -0.138. The third kappa shape index (κ3) is 3.42. The molecule has 2 amide bonds. The first-order chi connectivity index (χ1) is 15.8. The lowest BCUT2D eigenvalue weighted by Crippen LogP contribution is -2.44. The van der Waals surface area contributed by atoms with E-state index in [9.17, 15) is 19.6 Å². The fourth-order valence-corrected chi connectivity index (χ4v) is 4.80. The van der Waals surface area contributed by atoms with Gasteiger partial charge in [-0.25, -0.2) is 9.97 Å². The summed E-state index contributed by atoms with van der Waals surface area (Å²) in [6, 6.07) is 5.13. The van der Waals surface area contributed by atoms with Gasteiger partial charge in [-0.3, -0.25) is 19.1 Å². The SMILES string of the molecule is CC(=O)[C@@H]1CC2C[C@H]2N1C(=O)Cn1nc(C(N)=O)c2cc(-c3cnc(C)nc3)cc(C#N)c21. The van der Waals surface area contributed by atoms with Crippen molar-refractivity contribution in [2.75, 3.05) is 0 Å². The lowest BCUT2D eigenvalue weighted by atomic mass is 10.0. The van der Waals surface area contributed by atoms with Crippen LogP contribution in [0, 0.1) is 24.2 Å². The second-order valence-electron chi connectivity index (χ2n) is 8.65. The number of likely N-dealkylation sites (tertiary alicyclic amines) is 1. The Morgan fingerprint density at radius 3 is 2.55 bits per heavy atom. The average Bonchev–Trinajstić information content (AvgIpc) is 3.28. The highest BCUT2D eigenvalue weighted by atomic mass is 16.2. The normalized spacial score (nSPS) is 21.0. The van der Waals surface area contributed by atoms with Gasteiger partial charge in [-0.15, -0.1) is 0 Å². The summed E-state index contributed by atoms with van der Waals surface area (Å²) in [5.74, 6) is -0.0974. The van der Waals surface area contributed by atoms with Crippen molar-refractivity contribution in [1.29, 1.82) is 5.26 Å². The van der Waals surface area contributed by atoms with Crippen LogP contribution in [0.4, 0.5) is 0 Å². The molecule has 1 aliphatic carbocycles. The maximum Gasteiger partial charge on any atom is 0.269 e. The average molecular weight is 443 g/mol. The molecule has 2 aliphatic rings. The van der Waals surface area contributed by atoms with Crippen LogP contribution in [0.5, 0.6) is 0 Å². The Morgan fingerprint density at radius 2 is 1.91 bits per heavy atom. The number of benzene rings is 1. The van der Waals surface area contributed by atoms with Gasteiger partial charge >= 0.3 is 0 Å². The molecule has 3 atom stereocenters. The van der Waals surface area contributed by atoms with E-state index in [2.05, 4.69) is 21.1 Å². The molecule has 3 heterocycles. The smallest absolute Gasteiger partial charge is 0.269 e. The van der Waals surface area contributed by atoms with Crippen LogP contribution < -0.4 is 5.73 Å². The second-order valence-corrected chi connectivity index (χ2v) is 8.65. The number of primary amides is 1. The number of aryl methyl sites for hydroxylation is 1. The summed E-state index contributed by atoms with van der Waals surface area (Å²) in [5, 5.41) is 14.5. The fraction of sp³-hybridized carbons (Fsp3) is 0.348. The molecule has 0 spiro atoms. The number of carbonyl (C=O) groups is 3. The number of rotatable bonds is 5. The van der Waals surface area contributed by atoms with Crippen molar-refractivity contribution in [1.82, 2.24) is 24.6 Å². The zero-order valence-electron chi connectivity index (χ0n) is 18.1. The van der Waals surface area contributed by atoms with E-state index in [0.717, 1.165) is 6.42 Å². The van der Waals surface area contributed by atoms with E-state index in [4.69, 9.17) is 5.73 Å². The first-order valence-corrected chi connectivity index (χ1v) is 10.6. The van der Waals surface area contributed by atoms with Crippen LogP contribution in [-0.2, 0) is 16.1 Å². The summed E-state index contributed by atoms with van der Waals surface area (Å²) in [4.78, 5) is 47.4. The number of nitrogens with two attached hydrogens (primary N) is 1. The van der Waals surface area contributed by atoms with Crippen LogP contribution in [0.3, 0.4) is 0 Å². The predicted octanol–water partition coefficient (Wildman–Crippen LogP) is 1.35. The maximum atomic E-state index is 13.2. The Balaban J connectivity index is 1.59. The molecule has 1 aromatic carbocycles. The van der Waals surface area contributed by atoms with E-state index >= 15 is 0 Å². The monoisotopic (exact) mass is 443 g/mol. The van der Waals surface area contributed by atoms with Crippen molar-refractivity contribution in [3.05, 3.63) is 41.6 Å². The van der Waals surface area contributed by atoms with Crippen molar-refractivity contribution in [2.24, 2.45) is 11.7 Å². The van der Waals surface area contributed by atoms with E-state index in [1.807, 2.05) is 0 Å². The summed E-state index contributed by atoms with van der Waals surface area (Å²) < 4.78 is 1.35. The molecule has 1 unspecified atom stereocenters. The van der Waals surface area contributed by atoms with Crippen molar-refractivity contribution in [3.63, 3.8) is 0 Å². The molecule has 2 aromatic heterocycles. The summed E-state index contributed by atoms with van der Waals surface area (Å²) in [7, 11) is 0. The zero-order chi connectivity index (χ0) is 23.4. The van der Waals surface area contributed by atoms with E-state index in [-0.39, 0.29) is 35.5 Å². The molecule has 166 valence electrons. The largest absolute Gasteiger partial charge is 0.364 e. The molecule has 0 bridgehead atoms. The molecule has 2 fully saturated rings. The number of piperidine rings is 1. The van der Waals surface area contributed by atoms with Crippen molar-refractivity contribution < 1.29 is 14.4 Å². The number of nitrogens with zero attached hydrogens (tertiary/aromatic N) is 6. The minimum absolute atomic E-state index is 0.0296. The molecule has 10 nitrogen and oxygen atoms in total. The highest BCUT2D eigenvalue weighted by Crippen LogP contribution is 2.48. The number of nitriles is 1. The minimum atomic E-state index is -0.766. The summed E-state index contributed by atoms with van der Waals surface area (Å²) in [6.07, 6.45) is 4.84. The molecule has 1 aliphatic heterocycles. The Labute approximate surface area is 189 Å². The van der Waals surface area contributed by atoms with Crippen LogP contribution in [0.1, 0.15) is 41.6 Å². The van der Waals surface area contributed by atoms with Crippen molar-refractivity contribution >= 4 is 28.5 Å². The molecule has 1 saturated heterocycles. The molecule has 33 heavy (non-hydrogen) atoms. The Hall–Kier alpha value is -4.13. The quantitative estimate of drug-likeness (QED) is 0.626. The maximum absolute atomic E-state index is 13.2. The van der Waals surface area contributed by atoms with E-state index < -0.39 is 11.9 Å². The van der Waals surface area contributed by atoms with Crippen molar-refractivity contribution in [3.8, 4) is 17.2 Å². The molecule has 0 radical (unpaired) electrons. The molecular formula is C23H21N7O3. The van der Waals surface area contributed by atoms with Gasteiger partial charge in [0.1, 0.15) is 18.4 Å². The van der Waals surface area contributed by atoms with Gasteiger partial charge in [0.05, 0.1) is 17.1 Å². The topological polar surface area (TPSA) is 148 Å². The second kappa shape index (κ2) is 7.48. The van der Waals surface area contributed by atoms with Crippen LogP contribution >= 0.6 is 0 Å². The molecule has 3 aromatic rings. The lowest BCUT2D eigenvalue weighted by Gasteiger charge is -2.25. The third-order valence-corrected chi connectivity index (χ3v) is 6.46. The number of ketones is 1. The number of amides is 2. The summed E-state index contributed by atoms with van der Waals surface area (Å²) >= 11 is 0. The standard InChI is InChI=1S/C23H21N7O3/c1-11(31)18-5-14-6-19(14)30(18)20(32)10-29-22-15(7-24)3-13(16-8-26-12(2)27-9-16)4-17(22)21(28-29)23(25)33/h3-4,8-9,14,18-19H,5-6,10H2,1-2H3,(H2,25,33)/t14?,18-,19+/m0/s1.